The second kappa shape index (κ2) is 14.3. The van der Waals surface area contributed by atoms with E-state index >= 15 is 0 Å². The van der Waals surface area contributed by atoms with Gasteiger partial charge in [-0.15, -0.1) is 0 Å². The second-order valence-corrected chi connectivity index (χ2v) is 14.0. The number of hydrogen-bond donors (Lipinski definition) is 4. The highest BCUT2D eigenvalue weighted by Crippen LogP contribution is 2.39. The highest BCUT2D eigenvalue weighted by atomic mass is 32.2. The van der Waals surface area contributed by atoms with Gasteiger partial charge in [-0.25, -0.2) is 19.2 Å². The van der Waals surface area contributed by atoms with Crippen LogP contribution in [0.3, 0.4) is 0 Å². The molecule has 47 heavy (non-hydrogen) atoms. The number of aromatic nitrogens is 2. The van der Waals surface area contributed by atoms with Crippen LogP contribution in [0.2, 0.25) is 0 Å². The zero-order valence-corrected chi connectivity index (χ0v) is 28.6. The molecule has 0 aliphatic heterocycles. The molecule has 1 aromatic heterocycles. The topological polar surface area (TPSA) is 167 Å². The third-order valence-corrected chi connectivity index (χ3v) is 8.04. The van der Waals surface area contributed by atoms with E-state index in [1.807, 2.05) is 69.6 Å². The van der Waals surface area contributed by atoms with Gasteiger partial charge in [-0.1, -0.05) is 57.2 Å². The molecular weight excluding hydrogens is 618 g/mol. The van der Waals surface area contributed by atoms with Gasteiger partial charge in [0.25, 0.3) is 5.91 Å². The average Bonchev–Trinajstić information content (AvgIpc) is 3.36. The van der Waals surface area contributed by atoms with Crippen molar-refractivity contribution in [2.75, 3.05) is 28.4 Å². The number of hydrogen-bond acceptors (Lipinski definition) is 9. The molecule has 1 heterocycles. The standard InChI is InChI=1S/C34H43N7O5S/c1-22-13-14-24(33(42)38-27-16-25(34(2,3)4)17-28(32(27)45-6)39-47(7,43)44)15-29(22)41(36)19-26(35)30-18-37-31(40(30)5)21-46-20-23-11-9-8-10-12-23/h8-19,39H,20-21,35-36H2,1-7H3,(H,38,42)/b26-19-. The van der Waals surface area contributed by atoms with E-state index < -0.39 is 15.9 Å². The summed E-state index contributed by atoms with van der Waals surface area (Å²) in [7, 11) is -0.369. The lowest BCUT2D eigenvalue weighted by atomic mass is 9.86. The molecule has 0 fully saturated rings. The maximum Gasteiger partial charge on any atom is 0.255 e. The van der Waals surface area contributed by atoms with Crippen molar-refractivity contribution in [3.8, 4) is 5.75 Å². The van der Waals surface area contributed by atoms with E-state index in [0.29, 0.717) is 47.4 Å². The number of imidazole rings is 1. The van der Waals surface area contributed by atoms with E-state index in [9.17, 15) is 13.2 Å². The highest BCUT2D eigenvalue weighted by Gasteiger charge is 2.23. The fraction of sp³-hybridized carbons (Fsp3) is 0.294. The molecule has 0 unspecified atom stereocenters. The summed E-state index contributed by atoms with van der Waals surface area (Å²) in [5.41, 5.74) is 11.2. The Bertz CT molecular complexity index is 1880. The van der Waals surface area contributed by atoms with E-state index in [-0.39, 0.29) is 16.9 Å². The number of methoxy groups -OCH3 is 1. The number of sulfonamides is 1. The van der Waals surface area contributed by atoms with Crippen molar-refractivity contribution in [2.45, 2.75) is 46.3 Å². The SMILES string of the molecule is COc1c(NC(=O)c2ccc(C)c(N(N)/C=C(\N)c3cnc(COCc4ccccc4)n3C)c2)cc(C(C)(C)C)cc1NS(C)(=O)=O. The Hall–Kier alpha value is -4.85. The van der Waals surface area contributed by atoms with Crippen LogP contribution >= 0.6 is 0 Å². The number of amides is 1. The van der Waals surface area contributed by atoms with E-state index in [0.717, 1.165) is 22.9 Å². The summed E-state index contributed by atoms with van der Waals surface area (Å²) in [5.74, 6) is 6.89. The largest absolute Gasteiger partial charge is 0.492 e. The quantitative estimate of drug-likeness (QED) is 0.121. The average molecular weight is 662 g/mol. The first-order valence-electron chi connectivity index (χ1n) is 14.8. The van der Waals surface area contributed by atoms with Crippen molar-refractivity contribution >= 4 is 38.7 Å². The molecule has 0 spiro atoms. The molecule has 13 heteroatoms. The first-order valence-corrected chi connectivity index (χ1v) is 16.7. The zero-order valence-electron chi connectivity index (χ0n) is 27.8. The van der Waals surface area contributed by atoms with Crippen LogP contribution in [0.4, 0.5) is 17.1 Å². The number of benzene rings is 3. The van der Waals surface area contributed by atoms with Gasteiger partial charge in [0.15, 0.2) is 5.75 Å². The smallest absolute Gasteiger partial charge is 0.255 e. The fourth-order valence-electron chi connectivity index (χ4n) is 4.84. The summed E-state index contributed by atoms with van der Waals surface area (Å²) in [6.07, 6.45) is 4.27. The summed E-state index contributed by atoms with van der Waals surface area (Å²) in [4.78, 5) is 18.0. The van der Waals surface area contributed by atoms with Crippen LogP contribution in [-0.4, -0.2) is 37.2 Å². The van der Waals surface area contributed by atoms with Crippen LogP contribution < -0.4 is 31.4 Å². The lowest BCUT2D eigenvalue weighted by molar-refractivity contribution is 0.0999. The monoisotopic (exact) mass is 661 g/mol. The van der Waals surface area contributed by atoms with Gasteiger partial charge < -0.3 is 25.1 Å². The van der Waals surface area contributed by atoms with Crippen LogP contribution in [0.15, 0.2) is 73.1 Å². The highest BCUT2D eigenvalue weighted by molar-refractivity contribution is 7.92. The number of nitrogens with two attached hydrogens (primary N) is 2. The van der Waals surface area contributed by atoms with Gasteiger partial charge in [-0.3, -0.25) is 14.5 Å². The van der Waals surface area contributed by atoms with Gasteiger partial charge in [0, 0.05) is 18.8 Å². The third-order valence-electron chi connectivity index (χ3n) is 7.45. The summed E-state index contributed by atoms with van der Waals surface area (Å²) in [6, 6.07) is 18.5. The van der Waals surface area contributed by atoms with Crippen molar-refractivity contribution in [1.29, 1.82) is 0 Å². The van der Waals surface area contributed by atoms with Crippen LogP contribution in [0.1, 0.15) is 59.3 Å². The summed E-state index contributed by atoms with van der Waals surface area (Å²) >= 11 is 0. The number of nitrogens with zero attached hydrogens (tertiary/aromatic N) is 3. The minimum absolute atomic E-state index is 0.182. The van der Waals surface area contributed by atoms with Crippen LogP contribution in [0, 0.1) is 6.92 Å². The Labute approximate surface area is 276 Å². The van der Waals surface area contributed by atoms with Gasteiger partial charge in [0.1, 0.15) is 12.4 Å². The summed E-state index contributed by atoms with van der Waals surface area (Å²) in [5, 5.41) is 4.24. The molecule has 0 bridgehead atoms. The maximum absolute atomic E-state index is 13.6. The number of ether oxygens (including phenoxy) is 2. The van der Waals surface area contributed by atoms with E-state index in [1.54, 1.807) is 42.7 Å². The molecule has 4 rings (SSSR count). The number of carbonyl (C=O) groups excluding carboxylic acids is 1. The molecule has 6 N–H and O–H groups in total. The Morgan fingerprint density at radius 2 is 1.74 bits per heavy atom. The van der Waals surface area contributed by atoms with Crippen LogP contribution in [0.5, 0.6) is 5.75 Å². The Morgan fingerprint density at radius 1 is 1.06 bits per heavy atom. The number of carbonyl (C=O) groups is 1. The van der Waals surface area contributed by atoms with Crippen molar-refractivity contribution in [1.82, 2.24) is 9.55 Å². The molecule has 0 atom stereocenters. The predicted octanol–water partition coefficient (Wildman–Crippen LogP) is 5.01. The van der Waals surface area contributed by atoms with E-state index in [1.165, 1.54) is 12.1 Å². The number of hydrazine groups is 1. The maximum atomic E-state index is 13.6. The van der Waals surface area contributed by atoms with Crippen LogP contribution in [0.25, 0.3) is 5.70 Å². The molecule has 250 valence electrons. The first kappa shape index (κ1) is 35.0. The first-order chi connectivity index (χ1) is 22.1. The molecule has 0 aliphatic rings. The molecule has 0 saturated heterocycles. The molecule has 0 radical (unpaired) electrons. The van der Waals surface area contributed by atoms with Gasteiger partial charge in [0.05, 0.1) is 54.6 Å². The number of anilines is 3. The summed E-state index contributed by atoms with van der Waals surface area (Å²) < 4.78 is 39.9. The predicted molar refractivity (Wildman–Crippen MR) is 186 cm³/mol. The van der Waals surface area contributed by atoms with Gasteiger partial charge in [0.2, 0.25) is 10.0 Å². The van der Waals surface area contributed by atoms with Crippen molar-refractivity contribution in [3.05, 3.63) is 107 Å². The molecule has 0 saturated carbocycles. The van der Waals surface area contributed by atoms with Crippen molar-refractivity contribution < 1.29 is 22.7 Å². The minimum Gasteiger partial charge on any atom is -0.492 e. The molecule has 4 aromatic rings. The third kappa shape index (κ3) is 8.91. The number of nitrogens with one attached hydrogen (secondary N) is 2. The zero-order chi connectivity index (χ0) is 34.5. The second-order valence-electron chi connectivity index (χ2n) is 12.3. The molecule has 12 nitrogen and oxygen atoms in total. The molecule has 0 aliphatic carbocycles. The van der Waals surface area contributed by atoms with Gasteiger partial charge in [-0.05, 0) is 53.3 Å². The Balaban J connectivity index is 1.56. The minimum atomic E-state index is -3.63. The van der Waals surface area contributed by atoms with Gasteiger partial charge >= 0.3 is 0 Å². The normalized spacial score (nSPS) is 12.1. The number of rotatable bonds is 12. The molecule has 1 amide bonds. The number of aryl methyl sites for hydroxylation is 1. The van der Waals surface area contributed by atoms with Crippen molar-refractivity contribution in [2.24, 2.45) is 18.6 Å². The lowest BCUT2D eigenvalue weighted by Crippen LogP contribution is -2.27. The van der Waals surface area contributed by atoms with Crippen LogP contribution in [-0.2, 0) is 40.4 Å². The summed E-state index contributed by atoms with van der Waals surface area (Å²) in [6.45, 7) is 8.58. The van der Waals surface area contributed by atoms with E-state index in [4.69, 9.17) is 21.1 Å². The Kier molecular flexibility index (Phi) is 10.6. The molecule has 3 aromatic carbocycles. The Morgan fingerprint density at radius 3 is 2.38 bits per heavy atom. The van der Waals surface area contributed by atoms with Gasteiger partial charge in [-0.2, -0.15) is 0 Å². The van der Waals surface area contributed by atoms with Crippen molar-refractivity contribution in [3.63, 3.8) is 0 Å². The van der Waals surface area contributed by atoms with E-state index in [2.05, 4.69) is 15.0 Å². The fourth-order valence-corrected chi connectivity index (χ4v) is 5.39. The lowest BCUT2D eigenvalue weighted by Gasteiger charge is -2.24. The molecular formula is C34H43N7O5S.